The van der Waals surface area contributed by atoms with Crippen molar-refractivity contribution in [2.24, 2.45) is 0 Å². The van der Waals surface area contributed by atoms with Crippen molar-refractivity contribution in [3.8, 4) is 0 Å². The SMILES string of the molecule is CNc1cc(F)cc2cc(C(=O)Nc3ccc(C(=O)O)cc3CN(CCO)C3CCCCC3)c(=O)[nH]c12. The minimum atomic E-state index is -1.10. The van der Waals surface area contributed by atoms with Crippen molar-refractivity contribution in [2.45, 2.75) is 44.7 Å². The summed E-state index contributed by atoms with van der Waals surface area (Å²) in [5.74, 6) is -2.32. The fraction of sp³-hybridized carbons (Fsp3) is 0.370. The minimum absolute atomic E-state index is 0.0472. The summed E-state index contributed by atoms with van der Waals surface area (Å²) >= 11 is 0. The first kappa shape index (κ1) is 26.3. The van der Waals surface area contributed by atoms with Gasteiger partial charge in [-0.1, -0.05) is 19.3 Å². The Labute approximate surface area is 213 Å². The maximum absolute atomic E-state index is 14.1. The molecular weight excluding hydrogens is 479 g/mol. The summed E-state index contributed by atoms with van der Waals surface area (Å²) in [5.41, 5.74) is 0.922. The number of rotatable bonds is 9. The Balaban J connectivity index is 1.67. The van der Waals surface area contributed by atoms with Gasteiger partial charge in [0.15, 0.2) is 0 Å². The summed E-state index contributed by atoms with van der Waals surface area (Å²) in [7, 11) is 1.60. The number of carbonyl (C=O) groups excluding carboxylic acids is 1. The lowest BCUT2D eigenvalue weighted by molar-refractivity contribution is 0.0696. The maximum atomic E-state index is 14.1. The normalized spacial score (nSPS) is 14.2. The fourth-order valence-electron chi connectivity index (χ4n) is 5.00. The van der Waals surface area contributed by atoms with Crippen molar-refractivity contribution in [1.82, 2.24) is 9.88 Å². The molecule has 0 bridgehead atoms. The molecule has 2 aromatic carbocycles. The second kappa shape index (κ2) is 11.5. The molecule has 0 aliphatic heterocycles. The van der Waals surface area contributed by atoms with E-state index in [2.05, 4.69) is 20.5 Å². The molecule has 196 valence electrons. The highest BCUT2D eigenvalue weighted by atomic mass is 19.1. The average Bonchev–Trinajstić information content (AvgIpc) is 2.89. The largest absolute Gasteiger partial charge is 0.478 e. The third-order valence-electron chi connectivity index (χ3n) is 6.88. The van der Waals surface area contributed by atoms with Gasteiger partial charge in [0.2, 0.25) is 0 Å². The number of carboxylic acids is 1. The van der Waals surface area contributed by atoms with E-state index in [1.807, 2.05) is 0 Å². The summed E-state index contributed by atoms with van der Waals surface area (Å²) < 4.78 is 14.1. The summed E-state index contributed by atoms with van der Waals surface area (Å²) in [4.78, 5) is 42.4. The molecule has 1 saturated carbocycles. The first-order chi connectivity index (χ1) is 17.8. The van der Waals surface area contributed by atoms with Crippen LogP contribution >= 0.6 is 0 Å². The van der Waals surface area contributed by atoms with Crippen LogP contribution in [-0.2, 0) is 6.54 Å². The van der Waals surface area contributed by atoms with Crippen molar-refractivity contribution < 1.29 is 24.2 Å². The quantitative estimate of drug-likeness (QED) is 0.296. The standard InChI is InChI=1S/C27H31FN4O5/c1-29-23-14-19(28)12-17-13-21(26(35)31-24(17)23)25(34)30-22-8-7-16(27(36)37)11-18(22)15-32(9-10-33)20-5-3-2-4-6-20/h7-8,11-14,20,29,33H,2-6,9-10,15H2,1H3,(H,30,34)(H,31,35)(H,36,37). The van der Waals surface area contributed by atoms with Crippen LogP contribution < -0.4 is 16.2 Å². The summed E-state index contributed by atoms with van der Waals surface area (Å²) in [6.45, 7) is 0.695. The van der Waals surface area contributed by atoms with Crippen LogP contribution in [0.15, 0.2) is 41.2 Å². The molecule has 1 aliphatic carbocycles. The van der Waals surface area contributed by atoms with Gasteiger partial charge in [-0.05, 0) is 54.8 Å². The van der Waals surface area contributed by atoms with Gasteiger partial charge in [0.1, 0.15) is 11.4 Å². The van der Waals surface area contributed by atoms with Gasteiger partial charge in [-0.2, -0.15) is 0 Å². The number of anilines is 2. The third kappa shape index (κ3) is 5.98. The van der Waals surface area contributed by atoms with Gasteiger partial charge in [0.05, 0.1) is 23.4 Å². The Morgan fingerprint density at radius 1 is 1.11 bits per heavy atom. The number of pyridine rings is 1. The number of aliphatic hydroxyl groups excluding tert-OH is 1. The van der Waals surface area contributed by atoms with Crippen LogP contribution in [0.1, 0.15) is 58.4 Å². The molecule has 3 aromatic rings. The Bertz CT molecular complexity index is 1370. The van der Waals surface area contributed by atoms with E-state index in [9.17, 15) is 29.0 Å². The predicted molar refractivity (Wildman–Crippen MR) is 140 cm³/mol. The molecule has 1 aliphatic rings. The zero-order chi connectivity index (χ0) is 26.5. The van der Waals surface area contributed by atoms with Crippen LogP contribution in [0.4, 0.5) is 15.8 Å². The van der Waals surface area contributed by atoms with Gasteiger partial charge >= 0.3 is 5.97 Å². The van der Waals surface area contributed by atoms with E-state index < -0.39 is 23.3 Å². The fourth-order valence-corrected chi connectivity index (χ4v) is 5.00. The number of hydrogen-bond donors (Lipinski definition) is 5. The molecule has 0 unspecified atom stereocenters. The number of hydrogen-bond acceptors (Lipinski definition) is 6. The number of benzene rings is 2. The van der Waals surface area contributed by atoms with E-state index in [-0.39, 0.29) is 23.8 Å². The zero-order valence-corrected chi connectivity index (χ0v) is 20.6. The topological polar surface area (TPSA) is 135 Å². The number of aromatic amines is 1. The Morgan fingerprint density at radius 2 is 1.86 bits per heavy atom. The van der Waals surface area contributed by atoms with Crippen LogP contribution in [0.25, 0.3) is 10.9 Å². The van der Waals surface area contributed by atoms with E-state index in [1.165, 1.54) is 42.8 Å². The van der Waals surface area contributed by atoms with Crippen LogP contribution in [0.3, 0.4) is 0 Å². The highest BCUT2D eigenvalue weighted by Gasteiger charge is 2.23. The van der Waals surface area contributed by atoms with E-state index in [0.29, 0.717) is 40.9 Å². The number of carboxylic acid groups (broad SMARTS) is 1. The second-order valence-corrected chi connectivity index (χ2v) is 9.30. The van der Waals surface area contributed by atoms with E-state index in [1.54, 1.807) is 7.05 Å². The lowest BCUT2D eigenvalue weighted by Gasteiger charge is -2.34. The molecule has 4 rings (SSSR count). The van der Waals surface area contributed by atoms with Gasteiger partial charge in [0, 0.05) is 37.3 Å². The van der Waals surface area contributed by atoms with Gasteiger partial charge in [-0.15, -0.1) is 0 Å². The molecule has 0 atom stereocenters. The Morgan fingerprint density at radius 3 is 2.54 bits per heavy atom. The van der Waals surface area contributed by atoms with E-state index in [4.69, 9.17) is 0 Å². The lowest BCUT2D eigenvalue weighted by Crippen LogP contribution is -2.38. The predicted octanol–water partition coefficient (Wildman–Crippen LogP) is 3.79. The monoisotopic (exact) mass is 510 g/mol. The Hall–Kier alpha value is -3.76. The van der Waals surface area contributed by atoms with Crippen LogP contribution in [0.5, 0.6) is 0 Å². The number of fused-ring (bicyclic) bond motifs is 1. The summed E-state index contributed by atoms with van der Waals surface area (Å²) in [6, 6.07) is 8.45. The highest BCUT2D eigenvalue weighted by Crippen LogP contribution is 2.27. The van der Waals surface area contributed by atoms with Crippen molar-refractivity contribution in [3.05, 3.63) is 69.3 Å². The maximum Gasteiger partial charge on any atom is 0.335 e. The zero-order valence-electron chi connectivity index (χ0n) is 20.6. The van der Waals surface area contributed by atoms with Crippen molar-refractivity contribution in [3.63, 3.8) is 0 Å². The molecule has 0 spiro atoms. The van der Waals surface area contributed by atoms with Gasteiger partial charge < -0.3 is 25.8 Å². The number of H-pyrrole nitrogens is 1. The first-order valence-electron chi connectivity index (χ1n) is 12.4. The number of aromatic nitrogens is 1. The number of nitrogens with one attached hydrogen (secondary N) is 3. The summed E-state index contributed by atoms with van der Waals surface area (Å²) in [5, 5.41) is 25.1. The van der Waals surface area contributed by atoms with Crippen LogP contribution in [0, 0.1) is 5.82 Å². The van der Waals surface area contributed by atoms with Gasteiger partial charge in [-0.25, -0.2) is 9.18 Å². The number of nitrogens with zero attached hydrogens (tertiary/aromatic N) is 1. The Kier molecular flexibility index (Phi) is 8.20. The van der Waals surface area contributed by atoms with E-state index >= 15 is 0 Å². The van der Waals surface area contributed by atoms with E-state index in [0.717, 1.165) is 25.7 Å². The molecule has 10 heteroatoms. The van der Waals surface area contributed by atoms with Crippen molar-refractivity contribution in [2.75, 3.05) is 30.8 Å². The van der Waals surface area contributed by atoms with Crippen molar-refractivity contribution >= 4 is 34.2 Å². The first-order valence-corrected chi connectivity index (χ1v) is 12.4. The molecule has 0 saturated heterocycles. The molecule has 9 nitrogen and oxygen atoms in total. The van der Waals surface area contributed by atoms with Crippen LogP contribution in [0.2, 0.25) is 0 Å². The van der Waals surface area contributed by atoms with Gasteiger partial charge in [-0.3, -0.25) is 14.5 Å². The average molecular weight is 511 g/mol. The number of carbonyl (C=O) groups is 2. The van der Waals surface area contributed by atoms with Crippen molar-refractivity contribution in [1.29, 1.82) is 0 Å². The lowest BCUT2D eigenvalue weighted by atomic mass is 9.93. The number of aromatic carboxylic acids is 1. The second-order valence-electron chi connectivity index (χ2n) is 9.30. The molecule has 1 amide bonds. The minimum Gasteiger partial charge on any atom is -0.478 e. The number of amides is 1. The van der Waals surface area contributed by atoms with Crippen LogP contribution in [-0.4, -0.2) is 58.2 Å². The molecule has 1 fully saturated rings. The highest BCUT2D eigenvalue weighted by molar-refractivity contribution is 6.07. The molecular formula is C27H31FN4O5. The molecule has 1 aromatic heterocycles. The molecule has 37 heavy (non-hydrogen) atoms. The molecule has 0 radical (unpaired) electrons. The number of halogens is 1. The smallest absolute Gasteiger partial charge is 0.335 e. The number of aliphatic hydroxyl groups is 1. The summed E-state index contributed by atoms with van der Waals surface area (Å²) in [6.07, 6.45) is 5.31. The van der Waals surface area contributed by atoms with Gasteiger partial charge in [0.25, 0.3) is 11.5 Å². The molecule has 1 heterocycles. The third-order valence-corrected chi connectivity index (χ3v) is 6.88. The molecule has 5 N–H and O–H groups in total.